The number of anilines is 1. The van der Waals surface area contributed by atoms with E-state index in [4.69, 9.17) is 5.73 Å². The maximum atomic E-state index is 13.7. The summed E-state index contributed by atoms with van der Waals surface area (Å²) in [6, 6.07) is 0.334. The Morgan fingerprint density at radius 3 is 2.41 bits per heavy atom. The summed E-state index contributed by atoms with van der Waals surface area (Å²) in [5.74, 6) is -4.35. The molecule has 7 N–H and O–H groups in total. The van der Waals surface area contributed by atoms with Gasteiger partial charge in [0.15, 0.2) is 22.7 Å². The number of carbonyl (C=O) groups excluding carboxylic acids is 5. The van der Waals surface area contributed by atoms with Crippen LogP contribution in [0.5, 0.6) is 11.5 Å². The molecule has 0 saturated carbocycles. The quantitative estimate of drug-likeness (QED) is 0.0871. The van der Waals surface area contributed by atoms with Crippen LogP contribution in [0.4, 0.5) is 9.93 Å². The summed E-state index contributed by atoms with van der Waals surface area (Å²) in [5.41, 5.74) is 6.98. The number of phenolic OH excluding ortho intramolecular Hbond substituents is 2. The van der Waals surface area contributed by atoms with E-state index in [1.807, 2.05) is 0 Å². The molecule has 1 aromatic heterocycles. The van der Waals surface area contributed by atoms with Crippen LogP contribution in [-0.4, -0.2) is 132 Å². The topological polar surface area (TPSA) is 236 Å². The van der Waals surface area contributed by atoms with Crippen molar-refractivity contribution in [2.75, 3.05) is 50.8 Å². The molecule has 19 heteroatoms. The molecule has 2 bridgehead atoms. The minimum absolute atomic E-state index is 0.0314. The van der Waals surface area contributed by atoms with Crippen molar-refractivity contribution < 1.29 is 48.6 Å². The SMILES string of the molecule is Nc1nc([C@@H](NC(=O)N2CCN(Cc3ccc(O)c(O)c3)C(=O)C2=O)C(=O)N[C@@H]2C(=O)N3C(C(=O)O)=C(C[N+]45CCC(CC4)CC5)CS[C@H]23)cs1. The normalized spacial score (nSPS) is 26.5. The third-order valence-electron chi connectivity index (χ3n) is 10.4. The number of phenols is 2. The Balaban J connectivity index is 1.03. The number of carboxylic acids is 1. The van der Waals surface area contributed by atoms with Crippen LogP contribution in [0.15, 0.2) is 34.8 Å². The van der Waals surface area contributed by atoms with Gasteiger partial charge >= 0.3 is 23.8 Å². The van der Waals surface area contributed by atoms with Crippen LogP contribution >= 0.6 is 23.1 Å². The van der Waals surface area contributed by atoms with Crippen LogP contribution in [0.25, 0.3) is 0 Å². The number of thioether (sulfide) groups is 1. The molecule has 6 amide bonds. The monoisotopic (exact) mass is 741 g/mol. The lowest BCUT2D eigenvalue weighted by molar-refractivity contribution is -0.938. The standard InChI is InChI=1S/C32H36N8O9S2/c33-31-34-19(15-51-31)22(36-32(49)38-7-6-37(27(45)28(38)46)12-17-1-2-20(41)21(42)11-17)25(43)35-23-26(44)39-24(30(47)48)18(14-50-29(23)39)13-40-8-3-16(4-9-40)5-10-40/h1-2,11,15-16,22-23,29H,3-10,12-14H2,(H6-,33,34,35,36,41,42,43,45,46,47,48,49)/p+1/t16?,22-,23-,29-,40?/m1/s1. The fraction of sp³-hybridized carbons (Fsp3) is 0.469. The van der Waals surface area contributed by atoms with E-state index in [2.05, 4.69) is 15.6 Å². The average molecular weight is 742 g/mol. The second-order valence-corrected chi connectivity index (χ2v) is 15.6. The first-order chi connectivity index (χ1) is 24.3. The number of nitrogens with two attached hydrogens (primary N) is 1. The zero-order chi connectivity index (χ0) is 36.2. The van der Waals surface area contributed by atoms with Gasteiger partial charge in [0.05, 0.1) is 25.3 Å². The summed E-state index contributed by atoms with van der Waals surface area (Å²) >= 11 is 2.38. The van der Waals surface area contributed by atoms with Crippen molar-refractivity contribution in [3.63, 3.8) is 0 Å². The molecule has 3 atom stereocenters. The molecule has 0 radical (unpaired) electrons. The molecule has 6 aliphatic heterocycles. The highest BCUT2D eigenvalue weighted by molar-refractivity contribution is 8.00. The molecule has 51 heavy (non-hydrogen) atoms. The number of nitrogens with zero attached hydrogens (tertiary/aromatic N) is 5. The van der Waals surface area contributed by atoms with Gasteiger partial charge in [0.1, 0.15) is 23.7 Å². The Kier molecular flexibility index (Phi) is 9.05. The number of quaternary nitrogens is 1. The largest absolute Gasteiger partial charge is 0.504 e. The maximum Gasteiger partial charge on any atom is 0.352 e. The zero-order valence-electron chi connectivity index (χ0n) is 27.3. The number of aromatic hydroxyl groups is 2. The maximum absolute atomic E-state index is 13.7. The molecule has 0 aliphatic carbocycles. The van der Waals surface area contributed by atoms with Gasteiger partial charge in [0.25, 0.3) is 5.91 Å². The highest BCUT2D eigenvalue weighted by Crippen LogP contribution is 2.43. The van der Waals surface area contributed by atoms with E-state index >= 15 is 0 Å². The number of imide groups is 1. The number of carbonyl (C=O) groups is 6. The number of aliphatic carboxylic acids is 1. The van der Waals surface area contributed by atoms with E-state index in [9.17, 15) is 44.1 Å². The number of nitrogens with one attached hydrogen (secondary N) is 2. The van der Waals surface area contributed by atoms with Crippen molar-refractivity contribution in [3.8, 4) is 11.5 Å². The molecule has 5 fully saturated rings. The minimum atomic E-state index is -1.51. The van der Waals surface area contributed by atoms with Crippen molar-refractivity contribution in [1.29, 1.82) is 0 Å². The van der Waals surface area contributed by atoms with Gasteiger partial charge in [-0.15, -0.1) is 23.1 Å². The molecule has 0 spiro atoms. The number of fused-ring (bicyclic) bond motifs is 4. The van der Waals surface area contributed by atoms with Gasteiger partial charge in [0, 0.05) is 36.3 Å². The number of carboxylic acid groups (broad SMARTS) is 1. The van der Waals surface area contributed by atoms with Crippen molar-refractivity contribution in [2.45, 2.75) is 43.3 Å². The first-order valence-corrected chi connectivity index (χ1v) is 18.5. The number of hydrogen-bond acceptors (Lipinski definition) is 12. The number of rotatable bonds is 9. The van der Waals surface area contributed by atoms with Crippen LogP contribution < -0.4 is 16.4 Å². The number of benzene rings is 1. The summed E-state index contributed by atoms with van der Waals surface area (Å²) in [7, 11) is 0. The minimum Gasteiger partial charge on any atom is -0.504 e. The Bertz CT molecular complexity index is 1840. The molecule has 5 saturated heterocycles. The van der Waals surface area contributed by atoms with Crippen molar-refractivity contribution >= 4 is 63.9 Å². The molecule has 8 rings (SSSR count). The Morgan fingerprint density at radius 1 is 1.04 bits per heavy atom. The fourth-order valence-electron chi connectivity index (χ4n) is 7.64. The number of amides is 6. The Morgan fingerprint density at radius 2 is 1.76 bits per heavy atom. The molecular formula is C32H37N8O9S2+. The number of aromatic nitrogens is 1. The van der Waals surface area contributed by atoms with E-state index in [1.165, 1.54) is 45.1 Å². The van der Waals surface area contributed by atoms with E-state index in [0.717, 1.165) is 60.6 Å². The number of thiazole rings is 1. The number of urea groups is 1. The second kappa shape index (κ2) is 13.3. The molecule has 270 valence electrons. The van der Waals surface area contributed by atoms with Crippen LogP contribution in [-0.2, 0) is 30.5 Å². The first-order valence-electron chi connectivity index (χ1n) is 16.5. The van der Waals surface area contributed by atoms with E-state index in [1.54, 1.807) is 0 Å². The molecule has 17 nitrogen and oxygen atoms in total. The Labute approximate surface area is 299 Å². The number of nitrogen functional groups attached to an aromatic ring is 1. The zero-order valence-corrected chi connectivity index (χ0v) is 29.0. The Hall–Kier alpha value is -4.88. The predicted molar refractivity (Wildman–Crippen MR) is 181 cm³/mol. The van der Waals surface area contributed by atoms with Crippen molar-refractivity contribution in [2.24, 2.45) is 5.92 Å². The van der Waals surface area contributed by atoms with Gasteiger partial charge in [-0.3, -0.25) is 29.0 Å². The number of β-lactam (4-membered cyclic amide) rings is 1. The molecule has 0 unspecified atom stereocenters. The van der Waals surface area contributed by atoms with Crippen LogP contribution in [0.2, 0.25) is 0 Å². The van der Waals surface area contributed by atoms with E-state index < -0.39 is 58.8 Å². The smallest absolute Gasteiger partial charge is 0.352 e. The lowest BCUT2D eigenvalue weighted by Crippen LogP contribution is -2.71. The van der Waals surface area contributed by atoms with Crippen molar-refractivity contribution in [1.82, 2.24) is 30.3 Å². The van der Waals surface area contributed by atoms with Crippen LogP contribution in [0.3, 0.4) is 0 Å². The van der Waals surface area contributed by atoms with Crippen LogP contribution in [0, 0.1) is 5.92 Å². The number of hydrogen-bond donors (Lipinski definition) is 6. The molecule has 2 aromatic rings. The summed E-state index contributed by atoms with van der Waals surface area (Å²) < 4.78 is 0.834. The van der Waals surface area contributed by atoms with Gasteiger partial charge < -0.3 is 41.1 Å². The summed E-state index contributed by atoms with van der Waals surface area (Å²) in [4.78, 5) is 86.4. The molecule has 7 heterocycles. The van der Waals surface area contributed by atoms with Gasteiger partial charge in [-0.2, -0.15) is 0 Å². The van der Waals surface area contributed by atoms with E-state index in [-0.39, 0.29) is 41.9 Å². The van der Waals surface area contributed by atoms with Gasteiger partial charge in [-0.25, -0.2) is 14.6 Å². The van der Waals surface area contributed by atoms with Crippen LogP contribution in [0.1, 0.15) is 36.6 Å². The van der Waals surface area contributed by atoms with Gasteiger partial charge in [-0.05, 0) is 42.9 Å². The number of piperazine rings is 1. The highest BCUT2D eigenvalue weighted by Gasteiger charge is 2.56. The molecular weight excluding hydrogens is 705 g/mol. The van der Waals surface area contributed by atoms with E-state index in [0.29, 0.717) is 28.3 Å². The lowest BCUT2D eigenvalue weighted by Gasteiger charge is -2.52. The molecule has 1 aromatic carbocycles. The average Bonchev–Trinajstić information content (AvgIpc) is 3.55. The third-order valence-corrected chi connectivity index (χ3v) is 12.5. The third kappa shape index (κ3) is 6.44. The fourth-order valence-corrected chi connectivity index (χ4v) is 9.56. The predicted octanol–water partition coefficient (Wildman–Crippen LogP) is 0.127. The molecule has 6 aliphatic rings. The summed E-state index contributed by atoms with van der Waals surface area (Å²) in [5, 5.41) is 35.5. The highest BCUT2D eigenvalue weighted by atomic mass is 32.2. The first kappa shape index (κ1) is 34.6. The van der Waals surface area contributed by atoms with Crippen molar-refractivity contribution in [3.05, 3.63) is 46.1 Å². The number of piperidine rings is 3. The summed E-state index contributed by atoms with van der Waals surface area (Å²) in [6.07, 6.45) is 3.37. The van der Waals surface area contributed by atoms with Gasteiger partial charge in [-0.1, -0.05) is 6.07 Å². The second-order valence-electron chi connectivity index (χ2n) is 13.6. The van der Waals surface area contributed by atoms with Gasteiger partial charge in [0.2, 0.25) is 5.91 Å². The summed E-state index contributed by atoms with van der Waals surface area (Å²) in [6.45, 7) is 3.24. The lowest BCUT2D eigenvalue weighted by atomic mass is 9.85.